The summed E-state index contributed by atoms with van der Waals surface area (Å²) in [6.45, 7) is 1.88. The van der Waals surface area contributed by atoms with Gasteiger partial charge in [0.1, 0.15) is 23.7 Å². The van der Waals surface area contributed by atoms with E-state index in [1.807, 2.05) is 6.92 Å². The van der Waals surface area contributed by atoms with E-state index in [-0.39, 0.29) is 29.1 Å². The first-order chi connectivity index (χ1) is 16.7. The highest BCUT2D eigenvalue weighted by atomic mass is 19.4. The van der Waals surface area contributed by atoms with Crippen molar-refractivity contribution in [2.75, 3.05) is 7.11 Å². The molecule has 6 nitrogen and oxygen atoms in total. The topological polar surface area (TPSA) is 75.0 Å². The van der Waals surface area contributed by atoms with Crippen molar-refractivity contribution in [2.45, 2.75) is 19.7 Å². The van der Waals surface area contributed by atoms with Gasteiger partial charge in [-0.05, 0) is 48.9 Å². The van der Waals surface area contributed by atoms with Gasteiger partial charge in [-0.3, -0.25) is 4.79 Å². The van der Waals surface area contributed by atoms with Crippen LogP contribution in [0.5, 0.6) is 17.2 Å². The summed E-state index contributed by atoms with van der Waals surface area (Å²) in [5.41, 5.74) is 0.705. The van der Waals surface area contributed by atoms with E-state index in [4.69, 9.17) is 13.9 Å². The van der Waals surface area contributed by atoms with Crippen molar-refractivity contribution in [1.29, 1.82) is 0 Å². The molecule has 35 heavy (non-hydrogen) atoms. The van der Waals surface area contributed by atoms with Crippen LogP contribution in [-0.4, -0.2) is 13.1 Å². The smallest absolute Gasteiger partial charge is 0.453 e. The van der Waals surface area contributed by atoms with Gasteiger partial charge >= 0.3 is 12.1 Å². The van der Waals surface area contributed by atoms with Gasteiger partial charge < -0.3 is 18.6 Å². The number of esters is 1. The van der Waals surface area contributed by atoms with E-state index >= 15 is 0 Å². The Hall–Kier alpha value is -4.27. The molecule has 0 aliphatic rings. The summed E-state index contributed by atoms with van der Waals surface area (Å²) < 4.78 is 61.9. The first-order valence-electron chi connectivity index (χ1n) is 10.4. The van der Waals surface area contributed by atoms with Gasteiger partial charge in [-0.25, -0.2) is 4.79 Å². The van der Waals surface area contributed by atoms with Gasteiger partial charge in [0.2, 0.25) is 11.2 Å². The van der Waals surface area contributed by atoms with Gasteiger partial charge in [-0.1, -0.05) is 29.8 Å². The van der Waals surface area contributed by atoms with E-state index in [1.54, 1.807) is 36.4 Å². The zero-order chi connectivity index (χ0) is 25.2. The third kappa shape index (κ3) is 5.29. The Morgan fingerprint density at radius 2 is 1.60 bits per heavy atom. The van der Waals surface area contributed by atoms with E-state index in [0.29, 0.717) is 11.1 Å². The minimum absolute atomic E-state index is 0.0674. The molecule has 0 spiro atoms. The molecule has 0 aliphatic carbocycles. The van der Waals surface area contributed by atoms with Crippen molar-refractivity contribution in [2.24, 2.45) is 0 Å². The number of rotatable bonds is 6. The van der Waals surface area contributed by atoms with Crippen molar-refractivity contribution in [3.8, 4) is 17.2 Å². The molecule has 4 rings (SSSR count). The molecule has 0 saturated heterocycles. The van der Waals surface area contributed by atoms with Crippen LogP contribution in [0.4, 0.5) is 13.2 Å². The molecule has 0 amide bonds. The summed E-state index contributed by atoms with van der Waals surface area (Å²) in [5.74, 6) is -2.68. The van der Waals surface area contributed by atoms with Gasteiger partial charge in [0.15, 0.2) is 0 Å². The fourth-order valence-corrected chi connectivity index (χ4v) is 3.27. The predicted molar refractivity (Wildman–Crippen MR) is 121 cm³/mol. The van der Waals surface area contributed by atoms with Crippen LogP contribution in [0.15, 0.2) is 75.9 Å². The van der Waals surface area contributed by atoms with Crippen LogP contribution < -0.4 is 14.9 Å². The average Bonchev–Trinajstić information content (AvgIpc) is 2.84. The second-order valence-electron chi connectivity index (χ2n) is 7.64. The average molecular weight is 484 g/mol. The summed E-state index contributed by atoms with van der Waals surface area (Å²) >= 11 is 0. The van der Waals surface area contributed by atoms with Crippen molar-refractivity contribution in [3.05, 3.63) is 99.4 Å². The zero-order valence-corrected chi connectivity index (χ0v) is 18.6. The minimum atomic E-state index is -4.97. The van der Waals surface area contributed by atoms with Crippen LogP contribution in [0, 0.1) is 6.92 Å². The monoisotopic (exact) mass is 484 g/mol. The van der Waals surface area contributed by atoms with E-state index in [1.165, 1.54) is 37.4 Å². The normalized spacial score (nSPS) is 11.3. The second kappa shape index (κ2) is 9.54. The maximum absolute atomic E-state index is 13.7. The van der Waals surface area contributed by atoms with E-state index in [0.717, 1.165) is 5.56 Å². The number of hydrogen-bond acceptors (Lipinski definition) is 6. The molecule has 0 saturated carbocycles. The third-order valence-corrected chi connectivity index (χ3v) is 5.10. The molecule has 0 aliphatic heterocycles. The maximum atomic E-state index is 13.7. The summed E-state index contributed by atoms with van der Waals surface area (Å²) in [6, 6.07) is 16.7. The summed E-state index contributed by atoms with van der Waals surface area (Å²) in [5, 5.41) is -0.0881. The number of carbonyl (C=O) groups is 1. The molecule has 0 unspecified atom stereocenters. The fraction of sp³-hybridized carbons (Fsp3) is 0.154. The van der Waals surface area contributed by atoms with E-state index in [2.05, 4.69) is 4.74 Å². The first kappa shape index (κ1) is 23.9. The van der Waals surface area contributed by atoms with Crippen LogP contribution in [0.1, 0.15) is 27.2 Å². The number of aryl methyl sites for hydroxylation is 1. The number of methoxy groups -OCH3 is 1. The molecule has 0 fully saturated rings. The number of benzene rings is 3. The molecule has 4 aromatic rings. The lowest BCUT2D eigenvalue weighted by atomic mass is 10.1. The Labute approximate surface area is 197 Å². The Bertz CT molecular complexity index is 1420. The summed E-state index contributed by atoms with van der Waals surface area (Å²) in [4.78, 5) is 24.4. The Kier molecular flexibility index (Phi) is 6.50. The molecule has 3 aromatic carbocycles. The fourth-order valence-electron chi connectivity index (χ4n) is 3.27. The van der Waals surface area contributed by atoms with E-state index < -0.39 is 29.1 Å². The van der Waals surface area contributed by atoms with Gasteiger partial charge in [-0.15, -0.1) is 0 Å². The van der Waals surface area contributed by atoms with Crippen molar-refractivity contribution < 1.29 is 36.6 Å². The van der Waals surface area contributed by atoms with Crippen LogP contribution in [0.25, 0.3) is 11.0 Å². The zero-order valence-electron chi connectivity index (χ0n) is 18.6. The van der Waals surface area contributed by atoms with Crippen molar-refractivity contribution in [3.63, 3.8) is 0 Å². The largest absolute Gasteiger partial charge is 0.489 e. The Balaban J connectivity index is 1.64. The standard InChI is InChI=1S/C26H19F3O6/c1-15-3-9-18(10-4-15)34-23-22(30)20-12-11-19(13-21(20)35-24(23)26(27,28)29)33-14-16-5-7-17(8-6-16)25(31)32-2/h3-13H,14H2,1-2H3. The first-order valence-corrected chi connectivity index (χ1v) is 10.4. The number of hydrogen-bond donors (Lipinski definition) is 0. The molecule has 1 heterocycles. The van der Waals surface area contributed by atoms with Crippen LogP contribution >= 0.6 is 0 Å². The molecule has 0 radical (unpaired) electrons. The molecule has 9 heteroatoms. The number of ether oxygens (including phenoxy) is 3. The lowest BCUT2D eigenvalue weighted by Crippen LogP contribution is -2.15. The number of carbonyl (C=O) groups excluding carboxylic acids is 1. The van der Waals surface area contributed by atoms with Gasteiger partial charge in [0.05, 0.1) is 18.1 Å². The Morgan fingerprint density at radius 1 is 0.943 bits per heavy atom. The van der Waals surface area contributed by atoms with E-state index in [9.17, 15) is 22.8 Å². The predicted octanol–water partition coefficient (Wildman–Crippen LogP) is 6.28. The molecule has 0 N–H and O–H groups in total. The number of halogens is 3. The highest BCUT2D eigenvalue weighted by molar-refractivity contribution is 5.89. The second-order valence-corrected chi connectivity index (χ2v) is 7.64. The molecule has 0 atom stereocenters. The highest BCUT2D eigenvalue weighted by Crippen LogP contribution is 2.38. The van der Waals surface area contributed by atoms with Gasteiger partial charge in [0, 0.05) is 6.07 Å². The van der Waals surface area contributed by atoms with Crippen LogP contribution in [0.2, 0.25) is 0 Å². The quantitative estimate of drug-likeness (QED) is 0.300. The molecular formula is C26H19F3O6. The van der Waals surface area contributed by atoms with Crippen molar-refractivity contribution >= 4 is 16.9 Å². The number of fused-ring (bicyclic) bond motifs is 1. The SMILES string of the molecule is COC(=O)c1ccc(COc2ccc3c(=O)c(Oc4ccc(C)cc4)c(C(F)(F)F)oc3c2)cc1. The summed E-state index contributed by atoms with van der Waals surface area (Å²) in [6.07, 6.45) is -4.97. The number of alkyl halides is 3. The van der Waals surface area contributed by atoms with Crippen LogP contribution in [-0.2, 0) is 17.5 Å². The molecule has 0 bridgehead atoms. The van der Waals surface area contributed by atoms with Crippen LogP contribution in [0.3, 0.4) is 0 Å². The maximum Gasteiger partial charge on any atom is 0.453 e. The van der Waals surface area contributed by atoms with Gasteiger partial charge in [0.25, 0.3) is 5.76 Å². The van der Waals surface area contributed by atoms with Gasteiger partial charge in [-0.2, -0.15) is 13.2 Å². The molecule has 180 valence electrons. The lowest BCUT2D eigenvalue weighted by molar-refractivity contribution is -0.154. The molecular weight excluding hydrogens is 465 g/mol. The summed E-state index contributed by atoms with van der Waals surface area (Å²) in [7, 11) is 1.28. The lowest BCUT2D eigenvalue weighted by Gasteiger charge is -2.14. The molecule has 1 aromatic heterocycles. The third-order valence-electron chi connectivity index (χ3n) is 5.10. The minimum Gasteiger partial charge on any atom is -0.489 e. The Morgan fingerprint density at radius 3 is 2.23 bits per heavy atom. The van der Waals surface area contributed by atoms with Crippen molar-refractivity contribution in [1.82, 2.24) is 0 Å². The highest BCUT2D eigenvalue weighted by Gasteiger charge is 2.40.